The van der Waals surface area contributed by atoms with Gasteiger partial charge in [-0.25, -0.2) is 0 Å². The molecule has 154 valence electrons. The van der Waals surface area contributed by atoms with Crippen molar-refractivity contribution in [3.05, 3.63) is 69.3 Å². The molecule has 0 saturated carbocycles. The largest absolute Gasteiger partial charge is 0.490 e. The van der Waals surface area contributed by atoms with Crippen LogP contribution in [0.3, 0.4) is 0 Å². The zero-order chi connectivity index (χ0) is 21.6. The molecule has 8 nitrogen and oxygen atoms in total. The fourth-order valence-corrected chi connectivity index (χ4v) is 2.54. The highest BCUT2D eigenvalue weighted by Crippen LogP contribution is 2.27. The monoisotopic (exact) mass is 400 g/mol. The molecule has 0 atom stereocenters. The van der Waals surface area contributed by atoms with Gasteiger partial charge < -0.3 is 14.8 Å². The van der Waals surface area contributed by atoms with Crippen LogP contribution in [0.1, 0.15) is 42.3 Å². The first-order chi connectivity index (χ1) is 13.6. The van der Waals surface area contributed by atoms with Crippen molar-refractivity contribution in [3.8, 4) is 5.75 Å². The second-order valence-electron chi connectivity index (χ2n) is 7.43. The molecule has 0 spiro atoms. The Balaban J connectivity index is 1.88. The third-order valence-electron chi connectivity index (χ3n) is 4.25. The van der Waals surface area contributed by atoms with Crippen molar-refractivity contribution in [1.82, 2.24) is 5.32 Å². The molecule has 0 radical (unpaired) electrons. The maximum atomic E-state index is 12.1. The number of nitrogens with one attached hydrogen (secondary N) is 1. The van der Waals surface area contributed by atoms with E-state index in [0.29, 0.717) is 0 Å². The van der Waals surface area contributed by atoms with Crippen molar-refractivity contribution in [2.24, 2.45) is 0 Å². The summed E-state index contributed by atoms with van der Waals surface area (Å²) in [5.74, 6) is -1.19. The first-order valence-corrected chi connectivity index (χ1v) is 8.97. The summed E-state index contributed by atoms with van der Waals surface area (Å²) in [6.45, 7) is 6.08. The lowest BCUT2D eigenvalue weighted by atomic mass is 9.87. The Hall–Kier alpha value is -3.42. The van der Waals surface area contributed by atoms with Crippen LogP contribution >= 0.6 is 0 Å². The molecule has 2 aromatic rings. The second kappa shape index (κ2) is 9.18. The molecule has 0 bridgehead atoms. The minimum atomic E-state index is -0.644. The Morgan fingerprint density at radius 2 is 1.76 bits per heavy atom. The van der Waals surface area contributed by atoms with E-state index in [1.165, 1.54) is 24.8 Å². The minimum Gasteiger partial charge on any atom is -0.490 e. The maximum absolute atomic E-state index is 12.1. The number of rotatable bonds is 7. The standard InChI is InChI=1S/C21H24N2O6/c1-21(2,3)16-8-5-14(6-9-16)13-29-19(24)12-22-20(25)15-7-10-18(28-4)17(11-15)23(26)27/h5-11H,12-13H2,1-4H3,(H,22,25). The molecule has 0 fully saturated rings. The average molecular weight is 400 g/mol. The SMILES string of the molecule is COc1ccc(C(=O)NCC(=O)OCc2ccc(C(C)(C)C)cc2)cc1[N+](=O)[O-]. The van der Waals surface area contributed by atoms with Gasteiger partial charge in [0.2, 0.25) is 0 Å². The number of amides is 1. The number of nitrogens with zero attached hydrogens (tertiary/aromatic N) is 1. The Kier molecular flexibility index (Phi) is 6.93. The number of ether oxygens (including phenoxy) is 2. The van der Waals surface area contributed by atoms with Crippen LogP contribution in [0, 0.1) is 10.1 Å². The fraction of sp³-hybridized carbons (Fsp3) is 0.333. The van der Waals surface area contributed by atoms with Gasteiger partial charge >= 0.3 is 11.7 Å². The number of methoxy groups -OCH3 is 1. The molecule has 2 aromatic carbocycles. The summed E-state index contributed by atoms with van der Waals surface area (Å²) < 4.78 is 10.0. The number of carbonyl (C=O) groups is 2. The number of hydrogen-bond acceptors (Lipinski definition) is 6. The molecule has 8 heteroatoms. The van der Waals surface area contributed by atoms with Gasteiger partial charge in [-0.15, -0.1) is 0 Å². The van der Waals surface area contributed by atoms with Crippen LogP contribution in [0.25, 0.3) is 0 Å². The van der Waals surface area contributed by atoms with E-state index >= 15 is 0 Å². The Bertz CT molecular complexity index is 900. The molecule has 1 N–H and O–H groups in total. The average Bonchev–Trinajstić information content (AvgIpc) is 2.69. The van der Waals surface area contributed by atoms with E-state index in [2.05, 4.69) is 26.1 Å². The number of esters is 1. The molecule has 0 saturated heterocycles. The van der Waals surface area contributed by atoms with Gasteiger partial charge in [-0.1, -0.05) is 45.0 Å². The van der Waals surface area contributed by atoms with E-state index in [1.807, 2.05) is 24.3 Å². The van der Waals surface area contributed by atoms with E-state index in [1.54, 1.807) is 0 Å². The van der Waals surface area contributed by atoms with E-state index in [4.69, 9.17) is 9.47 Å². The summed E-state index contributed by atoms with van der Waals surface area (Å²) in [6.07, 6.45) is 0. The van der Waals surface area contributed by atoms with Gasteiger partial charge in [0.15, 0.2) is 5.75 Å². The molecular weight excluding hydrogens is 376 g/mol. The third kappa shape index (κ3) is 6.03. The molecule has 0 aliphatic heterocycles. The topological polar surface area (TPSA) is 108 Å². The minimum absolute atomic E-state index is 0.0377. The molecule has 0 heterocycles. The summed E-state index contributed by atoms with van der Waals surface area (Å²) in [7, 11) is 1.30. The van der Waals surface area contributed by atoms with Gasteiger partial charge in [-0.3, -0.25) is 19.7 Å². The molecule has 1 amide bonds. The highest BCUT2D eigenvalue weighted by atomic mass is 16.6. The number of benzene rings is 2. The summed E-state index contributed by atoms with van der Waals surface area (Å²) >= 11 is 0. The molecule has 29 heavy (non-hydrogen) atoms. The predicted molar refractivity (Wildman–Crippen MR) is 107 cm³/mol. The van der Waals surface area contributed by atoms with E-state index in [-0.39, 0.29) is 35.6 Å². The van der Waals surface area contributed by atoms with Crippen molar-refractivity contribution in [2.75, 3.05) is 13.7 Å². The Morgan fingerprint density at radius 1 is 1.10 bits per heavy atom. The molecule has 0 unspecified atom stereocenters. The van der Waals surface area contributed by atoms with Crippen LogP contribution in [0.2, 0.25) is 0 Å². The van der Waals surface area contributed by atoms with Gasteiger partial charge in [0, 0.05) is 11.6 Å². The Morgan fingerprint density at radius 3 is 2.31 bits per heavy atom. The third-order valence-corrected chi connectivity index (χ3v) is 4.25. The van der Waals surface area contributed by atoms with Gasteiger partial charge in [-0.2, -0.15) is 0 Å². The lowest BCUT2D eigenvalue weighted by molar-refractivity contribution is -0.385. The van der Waals surface area contributed by atoms with Crippen LogP contribution in [0.15, 0.2) is 42.5 Å². The lowest BCUT2D eigenvalue weighted by Crippen LogP contribution is -2.30. The molecule has 2 rings (SSSR count). The van der Waals surface area contributed by atoms with Gasteiger partial charge in [0.1, 0.15) is 13.2 Å². The molecule has 0 aliphatic rings. The normalized spacial score (nSPS) is 10.9. The van der Waals surface area contributed by atoms with E-state index < -0.39 is 16.8 Å². The highest BCUT2D eigenvalue weighted by molar-refractivity contribution is 5.96. The van der Waals surface area contributed by atoms with Crippen LogP contribution in [0.4, 0.5) is 5.69 Å². The van der Waals surface area contributed by atoms with Crippen LogP contribution < -0.4 is 10.1 Å². The highest BCUT2D eigenvalue weighted by Gasteiger charge is 2.19. The quantitative estimate of drug-likeness (QED) is 0.434. The zero-order valence-electron chi connectivity index (χ0n) is 16.9. The molecular formula is C21H24N2O6. The lowest BCUT2D eigenvalue weighted by Gasteiger charge is -2.19. The van der Waals surface area contributed by atoms with Crippen LogP contribution in [0.5, 0.6) is 5.75 Å². The van der Waals surface area contributed by atoms with Crippen LogP contribution in [-0.4, -0.2) is 30.5 Å². The Labute approximate surface area is 169 Å². The number of hydrogen-bond donors (Lipinski definition) is 1. The van der Waals surface area contributed by atoms with E-state index in [0.717, 1.165) is 11.6 Å². The van der Waals surface area contributed by atoms with Crippen molar-refractivity contribution in [1.29, 1.82) is 0 Å². The summed E-state index contributed by atoms with van der Waals surface area (Å²) in [5.41, 5.74) is 1.76. The number of nitro groups is 1. The second-order valence-corrected chi connectivity index (χ2v) is 7.43. The summed E-state index contributed by atoms with van der Waals surface area (Å²) in [6, 6.07) is 11.6. The van der Waals surface area contributed by atoms with Crippen molar-refractivity contribution in [2.45, 2.75) is 32.8 Å². The van der Waals surface area contributed by atoms with Crippen molar-refractivity contribution >= 4 is 17.6 Å². The van der Waals surface area contributed by atoms with E-state index in [9.17, 15) is 19.7 Å². The smallest absolute Gasteiger partial charge is 0.325 e. The number of carbonyl (C=O) groups excluding carboxylic acids is 2. The van der Waals surface area contributed by atoms with Gasteiger partial charge in [0.05, 0.1) is 12.0 Å². The van der Waals surface area contributed by atoms with Crippen molar-refractivity contribution < 1.29 is 24.0 Å². The van der Waals surface area contributed by atoms with Crippen LogP contribution in [-0.2, 0) is 21.6 Å². The predicted octanol–water partition coefficient (Wildman–Crippen LogP) is 3.37. The van der Waals surface area contributed by atoms with Gasteiger partial charge in [-0.05, 0) is 28.7 Å². The van der Waals surface area contributed by atoms with Gasteiger partial charge in [0.25, 0.3) is 5.91 Å². The first-order valence-electron chi connectivity index (χ1n) is 8.97. The zero-order valence-corrected chi connectivity index (χ0v) is 16.9. The summed E-state index contributed by atoms with van der Waals surface area (Å²) in [5, 5.41) is 13.4. The molecule has 0 aromatic heterocycles. The fourth-order valence-electron chi connectivity index (χ4n) is 2.54. The maximum Gasteiger partial charge on any atom is 0.325 e. The number of nitro benzene ring substituents is 1. The van der Waals surface area contributed by atoms with Crippen molar-refractivity contribution in [3.63, 3.8) is 0 Å². The first kappa shape index (κ1) is 21.9. The summed E-state index contributed by atoms with van der Waals surface area (Å²) in [4.78, 5) is 34.4. The molecule has 0 aliphatic carbocycles.